The first-order valence-electron chi connectivity index (χ1n) is 9.31. The molecule has 5 rings (SSSR count). The van der Waals surface area contributed by atoms with Gasteiger partial charge in [-0.25, -0.2) is 35.1 Å². The molecule has 0 unspecified atom stereocenters. The van der Waals surface area contributed by atoms with Crippen molar-refractivity contribution in [3.8, 4) is 23.0 Å². The summed E-state index contributed by atoms with van der Waals surface area (Å²) >= 11 is 0. The first kappa shape index (κ1) is 23.1. The minimum Gasteiger partial charge on any atom is -0.506 e. The van der Waals surface area contributed by atoms with Crippen LogP contribution in [0.5, 0.6) is 23.0 Å². The lowest BCUT2D eigenvalue weighted by Gasteiger charge is -2.24. The van der Waals surface area contributed by atoms with E-state index in [0.717, 1.165) is 0 Å². The third-order valence-corrected chi connectivity index (χ3v) is 5.84. The highest BCUT2D eigenvalue weighted by atomic mass is 19.2. The summed E-state index contributed by atoms with van der Waals surface area (Å²) in [6.45, 7) is 0. The van der Waals surface area contributed by atoms with E-state index in [2.05, 4.69) is 0 Å². The highest BCUT2D eigenvalue weighted by molar-refractivity contribution is 6.35. The van der Waals surface area contributed by atoms with Gasteiger partial charge in [0.05, 0.1) is 43.8 Å². The lowest BCUT2D eigenvalue weighted by atomic mass is 9.79. The van der Waals surface area contributed by atoms with Crippen molar-refractivity contribution in [1.82, 2.24) is 0 Å². The molecule has 0 amide bonds. The number of fused-ring (bicyclic) bond motifs is 4. The summed E-state index contributed by atoms with van der Waals surface area (Å²) in [7, 11) is 0. The lowest BCUT2D eigenvalue weighted by Crippen LogP contribution is -2.23. The van der Waals surface area contributed by atoms with E-state index in [1.54, 1.807) is 0 Å². The van der Waals surface area contributed by atoms with Crippen LogP contribution in [0.3, 0.4) is 0 Å². The van der Waals surface area contributed by atoms with E-state index in [9.17, 15) is 65.1 Å². The highest BCUT2D eigenvalue weighted by Gasteiger charge is 2.44. The number of carbonyl (C=O) groups excluding carboxylic acids is 2. The van der Waals surface area contributed by atoms with Gasteiger partial charge in [0.2, 0.25) is 11.6 Å². The molecule has 4 N–H and O–H groups in total. The Morgan fingerprint density at radius 2 is 0.500 bits per heavy atom. The van der Waals surface area contributed by atoms with Crippen molar-refractivity contribution in [2.75, 3.05) is 0 Å². The summed E-state index contributed by atoms with van der Waals surface area (Å²) in [6.07, 6.45) is 0. The number of phenols is 4. The maximum absolute atomic E-state index is 14.4. The molecule has 14 heteroatoms. The van der Waals surface area contributed by atoms with Crippen LogP contribution in [0.25, 0.3) is 21.5 Å². The molecule has 0 saturated carbocycles. The third kappa shape index (κ3) is 2.40. The van der Waals surface area contributed by atoms with Gasteiger partial charge in [-0.15, -0.1) is 0 Å². The van der Waals surface area contributed by atoms with Gasteiger partial charge in [0.25, 0.3) is 0 Å². The zero-order chi connectivity index (χ0) is 26.7. The maximum atomic E-state index is 14.4. The number of rotatable bonds is 0. The SMILES string of the molecule is O=C1c2c(c(O)c3c(F)c(F)c(F)c(F)c3c2O)C(=O)c2c1c(O)c1c(F)c(F)c(F)c(F)c1c2O. The summed E-state index contributed by atoms with van der Waals surface area (Å²) in [5, 5.41) is 35.3. The Labute approximate surface area is 190 Å². The molecule has 0 spiro atoms. The summed E-state index contributed by atoms with van der Waals surface area (Å²) in [4.78, 5) is 26.2. The van der Waals surface area contributed by atoms with Crippen LogP contribution >= 0.6 is 0 Å². The smallest absolute Gasteiger partial charge is 0.202 e. The van der Waals surface area contributed by atoms with Crippen molar-refractivity contribution < 1.29 is 65.1 Å². The van der Waals surface area contributed by atoms with Gasteiger partial charge in [-0.3, -0.25) is 9.59 Å². The molecule has 6 nitrogen and oxygen atoms in total. The zero-order valence-electron chi connectivity index (χ0n) is 16.6. The predicted molar refractivity (Wildman–Crippen MR) is 101 cm³/mol. The topological polar surface area (TPSA) is 115 Å². The molecule has 184 valence electrons. The van der Waals surface area contributed by atoms with E-state index in [1.165, 1.54) is 0 Å². The summed E-state index contributed by atoms with van der Waals surface area (Å²) in [5.41, 5.74) is -5.78. The molecule has 0 aromatic heterocycles. The second-order valence-electron chi connectivity index (χ2n) is 7.56. The van der Waals surface area contributed by atoms with Crippen LogP contribution in [0, 0.1) is 46.5 Å². The Hall–Kier alpha value is -4.62. The van der Waals surface area contributed by atoms with Crippen LogP contribution in [0.2, 0.25) is 0 Å². The third-order valence-electron chi connectivity index (χ3n) is 5.84. The molecule has 0 radical (unpaired) electrons. The largest absolute Gasteiger partial charge is 0.506 e. The average molecular weight is 516 g/mol. The second kappa shape index (κ2) is 6.96. The van der Waals surface area contributed by atoms with Crippen LogP contribution in [-0.2, 0) is 0 Å². The second-order valence-corrected chi connectivity index (χ2v) is 7.56. The molecule has 4 aromatic rings. The van der Waals surface area contributed by atoms with Gasteiger partial charge >= 0.3 is 0 Å². The molecular formula is C22H4F8O6. The molecule has 36 heavy (non-hydrogen) atoms. The number of halogens is 8. The number of hydrogen-bond donors (Lipinski definition) is 4. The van der Waals surface area contributed by atoms with Gasteiger partial charge in [-0.2, -0.15) is 0 Å². The minimum absolute atomic E-state index is 1.45. The van der Waals surface area contributed by atoms with Crippen molar-refractivity contribution in [1.29, 1.82) is 0 Å². The molecule has 0 saturated heterocycles. The van der Waals surface area contributed by atoms with E-state index in [1.807, 2.05) is 0 Å². The van der Waals surface area contributed by atoms with Gasteiger partial charge in [0.1, 0.15) is 23.0 Å². The van der Waals surface area contributed by atoms with E-state index < -0.39 is 125 Å². The summed E-state index contributed by atoms with van der Waals surface area (Å²) in [6, 6.07) is 0. The number of benzene rings is 4. The lowest BCUT2D eigenvalue weighted by molar-refractivity contribution is 0.0970. The normalized spacial score (nSPS) is 13.0. The Balaban J connectivity index is 2.03. The molecule has 0 heterocycles. The van der Waals surface area contributed by atoms with E-state index >= 15 is 0 Å². The minimum atomic E-state index is -2.48. The van der Waals surface area contributed by atoms with Crippen molar-refractivity contribution >= 4 is 33.1 Å². The Morgan fingerprint density at radius 3 is 0.667 bits per heavy atom. The fourth-order valence-electron chi connectivity index (χ4n) is 4.26. The highest BCUT2D eigenvalue weighted by Crippen LogP contribution is 2.52. The van der Waals surface area contributed by atoms with Crippen molar-refractivity contribution in [2.24, 2.45) is 0 Å². The van der Waals surface area contributed by atoms with Crippen molar-refractivity contribution in [3.63, 3.8) is 0 Å². The zero-order valence-corrected chi connectivity index (χ0v) is 16.6. The first-order valence-corrected chi connectivity index (χ1v) is 9.31. The molecule has 0 aliphatic heterocycles. The molecule has 0 atom stereocenters. The number of aromatic hydroxyl groups is 4. The molecule has 0 bridgehead atoms. The number of ketones is 2. The average Bonchev–Trinajstić information content (AvgIpc) is 2.83. The van der Waals surface area contributed by atoms with Crippen LogP contribution in [0.15, 0.2) is 0 Å². The van der Waals surface area contributed by atoms with Gasteiger partial charge in [0, 0.05) is 0 Å². The van der Waals surface area contributed by atoms with Crippen LogP contribution < -0.4 is 0 Å². The number of hydrogen-bond acceptors (Lipinski definition) is 6. The van der Waals surface area contributed by atoms with E-state index in [0.29, 0.717) is 0 Å². The molecular weight excluding hydrogens is 512 g/mol. The van der Waals surface area contributed by atoms with Gasteiger partial charge in [-0.05, 0) is 0 Å². The predicted octanol–water partition coefficient (Wildman–Crippen LogP) is 4.70. The summed E-state index contributed by atoms with van der Waals surface area (Å²) < 4.78 is 113. The van der Waals surface area contributed by atoms with Gasteiger partial charge < -0.3 is 20.4 Å². The van der Waals surface area contributed by atoms with Gasteiger partial charge in [-0.1, -0.05) is 0 Å². The van der Waals surface area contributed by atoms with Crippen LogP contribution in [-0.4, -0.2) is 32.0 Å². The standard InChI is InChI=1S/C22H4F8O6/c23-9-1-2(10(24)14(28)13(9)27)18(32)6-5(17(1)31)21(35)7-8(22(6)36)20(34)4-3(19(7)33)11(25)15(29)16(30)12(4)26/h31-34H. The number of carbonyl (C=O) groups is 2. The molecule has 1 aliphatic rings. The van der Waals surface area contributed by atoms with E-state index in [4.69, 9.17) is 0 Å². The Kier molecular flexibility index (Phi) is 4.47. The van der Waals surface area contributed by atoms with Crippen LogP contribution in [0.1, 0.15) is 31.8 Å². The maximum Gasteiger partial charge on any atom is 0.202 e. The first-order chi connectivity index (χ1) is 16.7. The van der Waals surface area contributed by atoms with E-state index in [-0.39, 0.29) is 0 Å². The van der Waals surface area contributed by atoms with Crippen LogP contribution in [0.4, 0.5) is 35.1 Å². The summed E-state index contributed by atoms with van der Waals surface area (Å²) in [5.74, 6) is -29.8. The molecule has 0 fully saturated rings. The molecule has 1 aliphatic carbocycles. The fourth-order valence-corrected chi connectivity index (χ4v) is 4.26. The monoisotopic (exact) mass is 516 g/mol. The quantitative estimate of drug-likeness (QED) is 0.103. The van der Waals surface area contributed by atoms with Gasteiger partial charge in [0.15, 0.2) is 46.5 Å². The molecule has 4 aromatic carbocycles. The number of phenolic OH excluding ortho intramolecular Hbond substituents is 4. The van der Waals surface area contributed by atoms with Crippen molar-refractivity contribution in [2.45, 2.75) is 0 Å². The fraction of sp³-hybridized carbons (Fsp3) is 0. The van der Waals surface area contributed by atoms with Crippen molar-refractivity contribution in [3.05, 3.63) is 68.8 Å². The Morgan fingerprint density at radius 1 is 0.333 bits per heavy atom. The Bertz CT molecular complexity index is 1540.